The molecule has 2 saturated heterocycles. The van der Waals surface area contributed by atoms with Gasteiger partial charge in [-0.2, -0.15) is 0 Å². The molecule has 3 rings (SSSR count). The van der Waals surface area contributed by atoms with Gasteiger partial charge in [-0.1, -0.05) is 18.2 Å². The zero-order valence-electron chi connectivity index (χ0n) is 13.9. The first-order valence-corrected chi connectivity index (χ1v) is 8.76. The lowest BCUT2D eigenvalue weighted by Crippen LogP contribution is -2.47. The zero-order valence-corrected chi connectivity index (χ0v) is 13.9. The van der Waals surface area contributed by atoms with Crippen molar-refractivity contribution < 1.29 is 14.3 Å². The summed E-state index contributed by atoms with van der Waals surface area (Å²) in [6, 6.07) is 9.65. The molecule has 0 bridgehead atoms. The van der Waals surface area contributed by atoms with E-state index in [-0.39, 0.29) is 25.6 Å². The summed E-state index contributed by atoms with van der Waals surface area (Å²) in [5.41, 5.74) is 1.22. The Balaban J connectivity index is 1.50. The molecule has 24 heavy (non-hydrogen) atoms. The molecule has 0 aliphatic carbocycles. The monoisotopic (exact) mass is 335 g/mol. The van der Waals surface area contributed by atoms with Crippen LogP contribution in [0.4, 0.5) is 14.9 Å². The number of rotatable bonds is 4. The molecule has 2 aliphatic rings. The average molecular weight is 335 g/mol. The maximum Gasteiger partial charge on any atom is 0.317 e. The van der Waals surface area contributed by atoms with Gasteiger partial charge in [-0.3, -0.25) is 0 Å². The third kappa shape index (κ3) is 3.98. The van der Waals surface area contributed by atoms with Crippen molar-refractivity contribution in [1.29, 1.82) is 0 Å². The molecule has 3 unspecified atom stereocenters. The Hall–Kier alpha value is -1.82. The first-order chi connectivity index (χ1) is 11.7. The highest BCUT2D eigenvalue weighted by Gasteiger charge is 2.35. The Labute approximate surface area is 142 Å². The number of hydrogen-bond donors (Lipinski definition) is 2. The van der Waals surface area contributed by atoms with E-state index in [4.69, 9.17) is 0 Å². The van der Waals surface area contributed by atoms with Crippen LogP contribution in [-0.4, -0.2) is 61.0 Å². The number of alkyl halides is 1. The highest BCUT2D eigenvalue weighted by atomic mass is 19.1. The van der Waals surface area contributed by atoms with E-state index < -0.39 is 12.2 Å². The average Bonchev–Trinajstić information content (AvgIpc) is 3.02. The molecule has 6 heteroatoms. The number of anilines is 1. The number of aliphatic hydroxyl groups excluding tert-OH is 1. The van der Waals surface area contributed by atoms with Gasteiger partial charge in [0.2, 0.25) is 0 Å². The van der Waals surface area contributed by atoms with E-state index in [1.54, 1.807) is 0 Å². The number of urea groups is 1. The van der Waals surface area contributed by atoms with E-state index in [1.165, 1.54) is 10.6 Å². The first-order valence-electron chi connectivity index (χ1n) is 8.76. The molecule has 2 N–H and O–H groups in total. The molecular formula is C18H26FN3O2. The number of benzene rings is 1. The number of aliphatic hydroxyl groups is 1. The molecule has 2 fully saturated rings. The summed E-state index contributed by atoms with van der Waals surface area (Å²) in [4.78, 5) is 16.1. The molecule has 2 aliphatic heterocycles. The van der Waals surface area contributed by atoms with E-state index in [0.717, 1.165) is 25.9 Å². The molecular weight excluding hydrogens is 309 g/mol. The lowest BCUT2D eigenvalue weighted by Gasteiger charge is -2.35. The topological polar surface area (TPSA) is 55.8 Å². The molecule has 0 spiro atoms. The molecule has 1 aromatic rings. The van der Waals surface area contributed by atoms with Crippen LogP contribution in [0.2, 0.25) is 0 Å². The molecule has 1 aromatic carbocycles. The Morgan fingerprint density at radius 2 is 2.08 bits per heavy atom. The van der Waals surface area contributed by atoms with Gasteiger partial charge in [0.05, 0.1) is 19.2 Å². The molecule has 2 heterocycles. The number of likely N-dealkylation sites (tertiary alicyclic amines) is 1. The number of para-hydroxylation sites is 1. The van der Waals surface area contributed by atoms with E-state index in [9.17, 15) is 14.3 Å². The van der Waals surface area contributed by atoms with Crippen molar-refractivity contribution in [3.05, 3.63) is 30.3 Å². The summed E-state index contributed by atoms with van der Waals surface area (Å²) in [7, 11) is 0. The maximum absolute atomic E-state index is 13.5. The van der Waals surface area contributed by atoms with Crippen molar-refractivity contribution in [2.75, 3.05) is 37.7 Å². The van der Waals surface area contributed by atoms with Crippen LogP contribution in [0.25, 0.3) is 0 Å². The van der Waals surface area contributed by atoms with Gasteiger partial charge in [-0.15, -0.1) is 0 Å². The Morgan fingerprint density at radius 3 is 2.83 bits per heavy atom. The highest BCUT2D eigenvalue weighted by Crippen LogP contribution is 2.23. The van der Waals surface area contributed by atoms with Crippen LogP contribution in [0.15, 0.2) is 30.3 Å². The molecule has 2 amide bonds. The molecule has 132 valence electrons. The standard InChI is InChI=1S/C18H26FN3O2/c19-15-9-17(13-23)22(12-15)18(24)20-10-14-5-4-8-21(11-14)16-6-2-1-3-7-16/h1-3,6-7,14-15,17,23H,4-5,8-13H2,(H,20,24). The number of halogens is 1. The van der Waals surface area contributed by atoms with Crippen molar-refractivity contribution in [2.24, 2.45) is 5.92 Å². The van der Waals surface area contributed by atoms with E-state index in [1.807, 2.05) is 18.2 Å². The minimum absolute atomic E-state index is 0.0812. The minimum atomic E-state index is -1.03. The van der Waals surface area contributed by atoms with Crippen LogP contribution in [0.5, 0.6) is 0 Å². The van der Waals surface area contributed by atoms with Crippen molar-refractivity contribution >= 4 is 11.7 Å². The van der Waals surface area contributed by atoms with Gasteiger partial charge < -0.3 is 20.2 Å². The van der Waals surface area contributed by atoms with E-state index in [0.29, 0.717) is 12.5 Å². The van der Waals surface area contributed by atoms with Crippen molar-refractivity contribution in [2.45, 2.75) is 31.5 Å². The molecule has 5 nitrogen and oxygen atoms in total. The smallest absolute Gasteiger partial charge is 0.317 e. The van der Waals surface area contributed by atoms with Crippen LogP contribution < -0.4 is 10.2 Å². The number of carbonyl (C=O) groups is 1. The van der Waals surface area contributed by atoms with Crippen LogP contribution in [-0.2, 0) is 0 Å². The third-order valence-electron chi connectivity index (χ3n) is 5.02. The number of hydrogen-bond acceptors (Lipinski definition) is 3. The fourth-order valence-electron chi connectivity index (χ4n) is 3.72. The highest BCUT2D eigenvalue weighted by molar-refractivity contribution is 5.75. The Kier molecular flexibility index (Phi) is 5.56. The number of nitrogens with zero attached hydrogens (tertiary/aromatic N) is 2. The SMILES string of the molecule is O=C(NCC1CCCN(c2ccccc2)C1)N1CC(F)CC1CO. The summed E-state index contributed by atoms with van der Waals surface area (Å²) >= 11 is 0. The molecule has 0 radical (unpaired) electrons. The quantitative estimate of drug-likeness (QED) is 0.885. The van der Waals surface area contributed by atoms with Crippen molar-refractivity contribution in [1.82, 2.24) is 10.2 Å². The molecule has 0 saturated carbocycles. The van der Waals surface area contributed by atoms with Crippen LogP contribution in [0, 0.1) is 5.92 Å². The van der Waals surface area contributed by atoms with Gasteiger partial charge >= 0.3 is 6.03 Å². The maximum atomic E-state index is 13.5. The summed E-state index contributed by atoms with van der Waals surface area (Å²) < 4.78 is 13.5. The van der Waals surface area contributed by atoms with E-state index >= 15 is 0 Å². The lowest BCUT2D eigenvalue weighted by atomic mass is 9.97. The van der Waals surface area contributed by atoms with Gasteiger partial charge in [0.25, 0.3) is 0 Å². The second kappa shape index (κ2) is 7.83. The van der Waals surface area contributed by atoms with Gasteiger partial charge in [0.1, 0.15) is 6.17 Å². The van der Waals surface area contributed by atoms with Crippen LogP contribution >= 0.6 is 0 Å². The lowest BCUT2D eigenvalue weighted by molar-refractivity contribution is 0.155. The minimum Gasteiger partial charge on any atom is -0.394 e. The number of nitrogens with one attached hydrogen (secondary N) is 1. The van der Waals surface area contributed by atoms with Crippen molar-refractivity contribution in [3.63, 3.8) is 0 Å². The molecule has 0 aromatic heterocycles. The zero-order chi connectivity index (χ0) is 16.9. The molecule has 3 atom stereocenters. The van der Waals surface area contributed by atoms with E-state index in [2.05, 4.69) is 22.3 Å². The van der Waals surface area contributed by atoms with Gasteiger partial charge in [0, 0.05) is 31.7 Å². The van der Waals surface area contributed by atoms with Gasteiger partial charge in [-0.05, 0) is 30.9 Å². The number of amides is 2. The van der Waals surface area contributed by atoms with Gasteiger partial charge in [0.15, 0.2) is 0 Å². The summed E-state index contributed by atoms with van der Waals surface area (Å²) in [6.07, 6.45) is 1.38. The summed E-state index contributed by atoms with van der Waals surface area (Å²) in [6.45, 7) is 2.45. The summed E-state index contributed by atoms with van der Waals surface area (Å²) in [5.74, 6) is 0.388. The second-order valence-electron chi connectivity index (χ2n) is 6.80. The summed E-state index contributed by atoms with van der Waals surface area (Å²) in [5, 5.41) is 12.2. The fraction of sp³-hybridized carbons (Fsp3) is 0.611. The first kappa shape index (κ1) is 17.0. The Morgan fingerprint density at radius 1 is 1.29 bits per heavy atom. The van der Waals surface area contributed by atoms with Crippen LogP contribution in [0.3, 0.4) is 0 Å². The van der Waals surface area contributed by atoms with Gasteiger partial charge in [-0.25, -0.2) is 9.18 Å². The fourth-order valence-corrected chi connectivity index (χ4v) is 3.72. The number of piperidine rings is 1. The predicted octanol–water partition coefficient (Wildman–Crippen LogP) is 2.02. The normalized spacial score (nSPS) is 27.3. The third-order valence-corrected chi connectivity index (χ3v) is 5.02. The second-order valence-corrected chi connectivity index (χ2v) is 6.80. The number of carbonyl (C=O) groups excluding carboxylic acids is 1. The Bertz CT molecular complexity index is 542. The largest absolute Gasteiger partial charge is 0.394 e. The predicted molar refractivity (Wildman–Crippen MR) is 91.9 cm³/mol. The van der Waals surface area contributed by atoms with Crippen LogP contribution in [0.1, 0.15) is 19.3 Å². The van der Waals surface area contributed by atoms with Crippen molar-refractivity contribution in [3.8, 4) is 0 Å².